The summed E-state index contributed by atoms with van der Waals surface area (Å²) < 4.78 is 0. The van der Waals surface area contributed by atoms with Crippen molar-refractivity contribution >= 4 is 5.91 Å². The quantitative estimate of drug-likeness (QED) is 0.400. The Morgan fingerprint density at radius 1 is 1.05 bits per heavy atom. The topological polar surface area (TPSA) is 52.6 Å². The van der Waals surface area contributed by atoms with Crippen LogP contribution in [0.4, 0.5) is 0 Å². The fourth-order valence-electron chi connectivity index (χ4n) is 1.93. The molecule has 0 aromatic carbocycles. The molecule has 2 N–H and O–H groups in total. The fraction of sp³-hybridized carbons (Fsp3) is 0.933. The predicted octanol–water partition coefficient (Wildman–Crippen LogP) is 2.52. The molecule has 0 atom stereocenters. The average molecular weight is 272 g/mol. The van der Waals surface area contributed by atoms with Crippen molar-refractivity contribution in [2.75, 3.05) is 26.9 Å². The lowest BCUT2D eigenvalue weighted by Gasteiger charge is -2.17. The molecule has 0 rings (SSSR count). The molecule has 0 aromatic heterocycles. The minimum atomic E-state index is 0.165. The summed E-state index contributed by atoms with van der Waals surface area (Å²) in [5.41, 5.74) is 0. The molecule has 1 amide bonds. The number of aliphatic hydroxyl groups excluding tert-OH is 1. The van der Waals surface area contributed by atoms with Crippen LogP contribution >= 0.6 is 0 Å². The number of amides is 1. The van der Waals surface area contributed by atoms with Crippen LogP contribution < -0.4 is 5.32 Å². The maximum atomic E-state index is 11.4. The van der Waals surface area contributed by atoms with E-state index in [0.717, 1.165) is 32.2 Å². The number of nitrogens with zero attached hydrogens (tertiary/aromatic N) is 1. The van der Waals surface area contributed by atoms with E-state index in [1.807, 2.05) is 7.05 Å². The molecule has 0 spiro atoms. The van der Waals surface area contributed by atoms with Crippen molar-refractivity contribution in [1.82, 2.24) is 10.2 Å². The van der Waals surface area contributed by atoms with E-state index >= 15 is 0 Å². The van der Waals surface area contributed by atoms with E-state index in [1.54, 1.807) is 0 Å². The second-order valence-corrected chi connectivity index (χ2v) is 5.29. The molecule has 0 heterocycles. The lowest BCUT2D eigenvalue weighted by Crippen LogP contribution is -2.35. The molecule has 0 bridgehead atoms. The molecule has 0 radical (unpaired) electrons. The molecule has 0 fully saturated rings. The van der Waals surface area contributed by atoms with Gasteiger partial charge in [-0.05, 0) is 32.9 Å². The van der Waals surface area contributed by atoms with Crippen molar-refractivity contribution in [2.24, 2.45) is 0 Å². The molecule has 0 aliphatic heterocycles. The van der Waals surface area contributed by atoms with Crippen LogP contribution in [0, 0.1) is 0 Å². The number of rotatable bonds is 13. The molecule has 114 valence electrons. The highest BCUT2D eigenvalue weighted by molar-refractivity contribution is 5.75. The predicted molar refractivity (Wildman–Crippen MR) is 80.0 cm³/mol. The first-order valence-electron chi connectivity index (χ1n) is 7.76. The first kappa shape index (κ1) is 18.4. The van der Waals surface area contributed by atoms with Crippen LogP contribution in [0.2, 0.25) is 0 Å². The SMILES string of the molecule is CCCCC(=O)NCN(C)CCCCCCCCO. The van der Waals surface area contributed by atoms with E-state index < -0.39 is 0 Å². The van der Waals surface area contributed by atoms with Crippen molar-refractivity contribution in [3.8, 4) is 0 Å². The Labute approximate surface area is 118 Å². The van der Waals surface area contributed by atoms with Gasteiger partial charge in [-0.3, -0.25) is 9.69 Å². The standard InChI is InChI=1S/C15H32N2O2/c1-3-4-11-15(19)16-14-17(2)12-9-7-5-6-8-10-13-18/h18H,3-14H2,1-2H3,(H,16,19). The summed E-state index contributed by atoms with van der Waals surface area (Å²) >= 11 is 0. The molecule has 0 aliphatic carbocycles. The Morgan fingerprint density at radius 2 is 1.68 bits per heavy atom. The van der Waals surface area contributed by atoms with Crippen LogP contribution in [0.5, 0.6) is 0 Å². The molecule has 19 heavy (non-hydrogen) atoms. The highest BCUT2D eigenvalue weighted by atomic mass is 16.2. The minimum Gasteiger partial charge on any atom is -0.396 e. The second-order valence-electron chi connectivity index (χ2n) is 5.29. The molecule has 0 unspecified atom stereocenters. The lowest BCUT2D eigenvalue weighted by atomic mass is 10.1. The van der Waals surface area contributed by atoms with E-state index in [0.29, 0.717) is 19.7 Å². The first-order valence-corrected chi connectivity index (χ1v) is 7.76. The molecule has 4 nitrogen and oxygen atoms in total. The summed E-state index contributed by atoms with van der Waals surface area (Å²) in [6.07, 6.45) is 9.65. The zero-order valence-corrected chi connectivity index (χ0v) is 12.8. The van der Waals surface area contributed by atoms with Crippen LogP contribution in [-0.2, 0) is 4.79 Å². The number of aliphatic hydroxyl groups is 1. The van der Waals surface area contributed by atoms with Gasteiger partial charge in [0.15, 0.2) is 0 Å². The number of hydrogen-bond acceptors (Lipinski definition) is 3. The Hall–Kier alpha value is -0.610. The van der Waals surface area contributed by atoms with Gasteiger partial charge in [-0.1, -0.05) is 39.0 Å². The van der Waals surface area contributed by atoms with Crippen molar-refractivity contribution in [2.45, 2.75) is 64.7 Å². The smallest absolute Gasteiger partial charge is 0.220 e. The van der Waals surface area contributed by atoms with Gasteiger partial charge < -0.3 is 10.4 Å². The van der Waals surface area contributed by atoms with E-state index in [-0.39, 0.29) is 5.91 Å². The highest BCUT2D eigenvalue weighted by Gasteiger charge is 2.02. The van der Waals surface area contributed by atoms with Gasteiger partial charge in [-0.25, -0.2) is 0 Å². The third-order valence-corrected chi connectivity index (χ3v) is 3.25. The Morgan fingerprint density at radius 3 is 2.32 bits per heavy atom. The van der Waals surface area contributed by atoms with Gasteiger partial charge in [0, 0.05) is 13.0 Å². The normalized spacial score (nSPS) is 10.9. The van der Waals surface area contributed by atoms with E-state index in [9.17, 15) is 4.79 Å². The summed E-state index contributed by atoms with van der Waals surface area (Å²) in [6, 6.07) is 0. The molecule has 4 heteroatoms. The van der Waals surface area contributed by atoms with E-state index in [2.05, 4.69) is 17.1 Å². The van der Waals surface area contributed by atoms with E-state index in [4.69, 9.17) is 5.11 Å². The van der Waals surface area contributed by atoms with Crippen LogP contribution in [0.15, 0.2) is 0 Å². The van der Waals surface area contributed by atoms with Gasteiger partial charge in [0.05, 0.1) is 6.67 Å². The largest absolute Gasteiger partial charge is 0.396 e. The molecule has 0 aromatic rings. The molecule has 0 aliphatic rings. The fourth-order valence-corrected chi connectivity index (χ4v) is 1.93. The summed E-state index contributed by atoms with van der Waals surface area (Å²) in [7, 11) is 2.05. The van der Waals surface area contributed by atoms with Gasteiger partial charge in [0.2, 0.25) is 5.91 Å². The zero-order valence-electron chi connectivity index (χ0n) is 12.8. The average Bonchev–Trinajstić information content (AvgIpc) is 2.41. The Bertz CT molecular complexity index is 210. The third-order valence-electron chi connectivity index (χ3n) is 3.25. The number of carbonyl (C=O) groups excluding carboxylic acids is 1. The molecule has 0 saturated heterocycles. The van der Waals surface area contributed by atoms with Crippen LogP contribution in [-0.4, -0.2) is 42.8 Å². The lowest BCUT2D eigenvalue weighted by molar-refractivity contribution is -0.121. The first-order chi connectivity index (χ1) is 9.20. The number of carbonyl (C=O) groups is 1. The molecular formula is C15H32N2O2. The van der Waals surface area contributed by atoms with Crippen LogP contribution in [0.3, 0.4) is 0 Å². The Kier molecular flexibility index (Phi) is 13.4. The van der Waals surface area contributed by atoms with Crippen molar-refractivity contribution in [1.29, 1.82) is 0 Å². The maximum Gasteiger partial charge on any atom is 0.220 e. The monoisotopic (exact) mass is 272 g/mol. The second kappa shape index (κ2) is 13.8. The molecular weight excluding hydrogens is 240 g/mol. The van der Waals surface area contributed by atoms with Gasteiger partial charge in [0.1, 0.15) is 0 Å². The van der Waals surface area contributed by atoms with Crippen LogP contribution in [0.25, 0.3) is 0 Å². The highest BCUT2D eigenvalue weighted by Crippen LogP contribution is 2.05. The summed E-state index contributed by atoms with van der Waals surface area (Å²) in [4.78, 5) is 13.6. The zero-order chi connectivity index (χ0) is 14.3. The third kappa shape index (κ3) is 13.6. The maximum absolute atomic E-state index is 11.4. The van der Waals surface area contributed by atoms with Crippen molar-refractivity contribution in [3.63, 3.8) is 0 Å². The Balaban J connectivity index is 3.29. The minimum absolute atomic E-state index is 0.165. The summed E-state index contributed by atoms with van der Waals surface area (Å²) in [5.74, 6) is 0.165. The van der Waals surface area contributed by atoms with Crippen LogP contribution in [0.1, 0.15) is 64.7 Å². The summed E-state index contributed by atoms with van der Waals surface area (Å²) in [5, 5.41) is 11.6. The summed E-state index contributed by atoms with van der Waals surface area (Å²) in [6.45, 7) is 4.11. The van der Waals surface area contributed by atoms with Gasteiger partial charge in [0.25, 0.3) is 0 Å². The molecule has 0 saturated carbocycles. The van der Waals surface area contributed by atoms with Crippen molar-refractivity contribution in [3.05, 3.63) is 0 Å². The van der Waals surface area contributed by atoms with Gasteiger partial charge in [-0.2, -0.15) is 0 Å². The van der Waals surface area contributed by atoms with Crippen molar-refractivity contribution < 1.29 is 9.90 Å². The van der Waals surface area contributed by atoms with Gasteiger partial charge in [-0.15, -0.1) is 0 Å². The van der Waals surface area contributed by atoms with Gasteiger partial charge >= 0.3 is 0 Å². The number of hydrogen-bond donors (Lipinski definition) is 2. The number of unbranched alkanes of at least 4 members (excludes halogenated alkanes) is 6. The van der Waals surface area contributed by atoms with E-state index in [1.165, 1.54) is 25.7 Å². The number of nitrogens with one attached hydrogen (secondary N) is 1.